The summed E-state index contributed by atoms with van der Waals surface area (Å²) < 4.78 is 35.8. The average Bonchev–Trinajstić information content (AvgIpc) is 2.57. The molecule has 0 saturated carbocycles. The lowest BCUT2D eigenvalue weighted by Crippen LogP contribution is -2.46. The van der Waals surface area contributed by atoms with Crippen LogP contribution < -0.4 is 0 Å². The fourth-order valence-corrected chi connectivity index (χ4v) is 2.88. The Balaban J connectivity index is 0.000000359. The molecule has 0 saturated heterocycles. The Labute approximate surface area is 149 Å². The highest BCUT2D eigenvalue weighted by molar-refractivity contribution is 7.88. The first-order valence-corrected chi connectivity index (χ1v) is 8.75. The minimum absolute atomic E-state index is 0.0600. The van der Waals surface area contributed by atoms with Gasteiger partial charge in [0, 0.05) is 16.7 Å². The van der Waals surface area contributed by atoms with Crippen molar-refractivity contribution in [3.8, 4) is 0 Å². The number of hydrogen-bond donors (Lipinski definition) is 1. The van der Waals surface area contributed by atoms with E-state index >= 15 is 0 Å². The summed E-state index contributed by atoms with van der Waals surface area (Å²) in [7, 11) is -4.87. The number of nitrogens with zero attached hydrogens (tertiary/aromatic N) is 2. The van der Waals surface area contributed by atoms with Crippen molar-refractivity contribution in [2.75, 3.05) is 6.61 Å². The lowest BCUT2D eigenvalue weighted by atomic mass is 9.88. The number of esters is 1. The number of benzene rings is 1. The molecule has 0 aliphatic heterocycles. The van der Waals surface area contributed by atoms with Crippen LogP contribution >= 0.6 is 0 Å². The van der Waals surface area contributed by atoms with Crippen LogP contribution in [0.3, 0.4) is 0 Å². The molecule has 0 heterocycles. The molecule has 1 unspecified atom stereocenters. The van der Waals surface area contributed by atoms with Crippen molar-refractivity contribution in [3.63, 3.8) is 0 Å². The van der Waals surface area contributed by atoms with Gasteiger partial charge in [-0.3, -0.25) is 14.1 Å². The van der Waals surface area contributed by atoms with Crippen LogP contribution in [0, 0.1) is 0 Å². The van der Waals surface area contributed by atoms with Crippen LogP contribution in [0.25, 0.3) is 5.53 Å². The lowest BCUT2D eigenvalue weighted by Gasteiger charge is -2.16. The standard InChI is InChI=1S/C10H6N2O5S.C6H10O2/c11-12-7-8(13)5-3-1-2-4-6(5)9(14)10(7)18(15,16)17;1-4-8-6(7)5(2)3/h1-4,10H,(H,15,16,17);2,4H2,1,3H3. The van der Waals surface area contributed by atoms with Gasteiger partial charge in [0.25, 0.3) is 21.2 Å². The van der Waals surface area contributed by atoms with Crippen molar-refractivity contribution in [2.45, 2.75) is 19.1 Å². The van der Waals surface area contributed by atoms with Crippen LogP contribution in [0.4, 0.5) is 0 Å². The number of ether oxygens (including phenoxy) is 1. The van der Waals surface area contributed by atoms with E-state index in [4.69, 9.17) is 10.1 Å². The number of fused-ring (bicyclic) bond motifs is 1. The number of carbonyl (C=O) groups excluding carboxylic acids is 3. The third-order valence-corrected chi connectivity index (χ3v) is 4.22. The Morgan fingerprint density at radius 2 is 1.85 bits per heavy atom. The van der Waals surface area contributed by atoms with Gasteiger partial charge in [-0.1, -0.05) is 30.8 Å². The number of ketones is 2. The van der Waals surface area contributed by atoms with E-state index < -0.39 is 32.6 Å². The zero-order chi connectivity index (χ0) is 20.1. The van der Waals surface area contributed by atoms with E-state index in [9.17, 15) is 22.8 Å². The number of rotatable bonds is 3. The van der Waals surface area contributed by atoms with Crippen LogP contribution in [0.15, 0.2) is 36.4 Å². The smallest absolute Gasteiger partial charge is 0.367 e. The largest absolute Gasteiger partial charge is 0.463 e. The van der Waals surface area contributed by atoms with Crippen molar-refractivity contribution in [3.05, 3.63) is 53.1 Å². The van der Waals surface area contributed by atoms with Gasteiger partial charge in [-0.15, -0.1) is 0 Å². The van der Waals surface area contributed by atoms with E-state index in [1.54, 1.807) is 13.8 Å². The number of hydrogen-bond acceptors (Lipinski definition) is 6. The molecule has 0 aromatic heterocycles. The van der Waals surface area contributed by atoms with E-state index in [1.165, 1.54) is 24.3 Å². The second kappa shape index (κ2) is 8.43. The molecule has 0 amide bonds. The average molecular weight is 380 g/mol. The topological polar surface area (TPSA) is 151 Å². The summed E-state index contributed by atoms with van der Waals surface area (Å²) in [6, 6.07) is 5.50. The third kappa shape index (κ3) is 4.57. The summed E-state index contributed by atoms with van der Waals surface area (Å²) >= 11 is 0. The zero-order valence-electron chi connectivity index (χ0n) is 14.0. The normalized spacial score (nSPS) is 16.0. The molecule has 10 heteroatoms. The van der Waals surface area contributed by atoms with Gasteiger partial charge in [-0.05, 0) is 13.8 Å². The van der Waals surface area contributed by atoms with Gasteiger partial charge < -0.3 is 10.3 Å². The minimum atomic E-state index is -4.87. The summed E-state index contributed by atoms with van der Waals surface area (Å²) in [5.74, 6) is -2.22. The Kier molecular flexibility index (Phi) is 6.85. The van der Waals surface area contributed by atoms with Crippen molar-refractivity contribution in [1.29, 1.82) is 0 Å². The zero-order valence-corrected chi connectivity index (χ0v) is 14.8. The molecule has 0 spiro atoms. The molecule has 2 rings (SSSR count). The summed E-state index contributed by atoms with van der Waals surface area (Å²) in [4.78, 5) is 36.7. The van der Waals surface area contributed by atoms with E-state index in [0.717, 1.165) is 0 Å². The summed E-state index contributed by atoms with van der Waals surface area (Å²) in [6.07, 6.45) is 0. The molecular formula is C16H16N2O7S. The van der Waals surface area contributed by atoms with Crippen LogP contribution in [-0.4, -0.2) is 52.9 Å². The maximum atomic E-state index is 11.9. The van der Waals surface area contributed by atoms with Gasteiger partial charge in [-0.2, -0.15) is 13.2 Å². The number of carbonyl (C=O) groups is 3. The van der Waals surface area contributed by atoms with Gasteiger partial charge in [0.1, 0.15) is 0 Å². The van der Waals surface area contributed by atoms with E-state index in [1.807, 2.05) is 0 Å². The van der Waals surface area contributed by atoms with Crippen LogP contribution in [-0.2, 0) is 19.6 Å². The van der Waals surface area contributed by atoms with Crippen molar-refractivity contribution >= 4 is 33.4 Å². The summed E-state index contributed by atoms with van der Waals surface area (Å²) in [6.45, 7) is 7.21. The first-order valence-electron chi connectivity index (χ1n) is 7.25. The quantitative estimate of drug-likeness (QED) is 0.271. The fraction of sp³-hybridized carbons (Fsp3) is 0.250. The molecule has 0 fully saturated rings. The molecule has 1 aromatic rings. The fourth-order valence-electron chi connectivity index (χ4n) is 2.05. The van der Waals surface area contributed by atoms with Gasteiger partial charge in [0.05, 0.1) is 6.61 Å². The molecule has 9 nitrogen and oxygen atoms in total. The molecule has 26 heavy (non-hydrogen) atoms. The molecule has 0 bridgehead atoms. The van der Waals surface area contributed by atoms with Crippen LogP contribution in [0.5, 0.6) is 0 Å². The van der Waals surface area contributed by atoms with Crippen LogP contribution in [0.2, 0.25) is 0 Å². The van der Waals surface area contributed by atoms with Crippen molar-refractivity contribution < 1.29 is 36.9 Å². The molecule has 1 aromatic carbocycles. The molecule has 1 atom stereocenters. The molecule has 1 N–H and O–H groups in total. The maximum Gasteiger partial charge on any atom is 0.367 e. The monoisotopic (exact) mass is 380 g/mol. The highest BCUT2D eigenvalue weighted by Gasteiger charge is 2.51. The highest BCUT2D eigenvalue weighted by atomic mass is 32.2. The first-order chi connectivity index (χ1) is 12.1. The molecule has 1 aliphatic rings. The van der Waals surface area contributed by atoms with Gasteiger partial charge in [-0.25, -0.2) is 4.79 Å². The third-order valence-electron chi connectivity index (χ3n) is 3.19. The Hall–Kier alpha value is -2.94. The second-order valence-electron chi connectivity index (χ2n) is 5.12. The van der Waals surface area contributed by atoms with E-state index in [0.29, 0.717) is 12.2 Å². The van der Waals surface area contributed by atoms with Gasteiger partial charge in [0.15, 0.2) is 5.78 Å². The molecular weight excluding hydrogens is 364 g/mol. The second-order valence-corrected chi connectivity index (χ2v) is 6.62. The molecule has 0 radical (unpaired) electrons. The summed E-state index contributed by atoms with van der Waals surface area (Å²) in [5, 5.41) is -2.18. The molecule has 138 valence electrons. The van der Waals surface area contributed by atoms with Crippen molar-refractivity contribution in [1.82, 2.24) is 0 Å². The van der Waals surface area contributed by atoms with E-state index in [2.05, 4.69) is 16.1 Å². The van der Waals surface area contributed by atoms with Gasteiger partial charge in [0.2, 0.25) is 0 Å². The minimum Gasteiger partial charge on any atom is -0.463 e. The lowest BCUT2D eigenvalue weighted by molar-refractivity contribution is -0.138. The maximum absolute atomic E-state index is 11.9. The predicted octanol–water partition coefficient (Wildman–Crippen LogP) is 1.12. The Morgan fingerprint density at radius 1 is 1.31 bits per heavy atom. The summed E-state index contributed by atoms with van der Waals surface area (Å²) in [5.41, 5.74) is 8.04. The SMILES string of the molecule is C=C(C)C(=O)OCC.[N-]=[N+]=C1C(=O)c2ccccc2C(=O)C1S(=O)(=O)O. The first kappa shape index (κ1) is 21.1. The van der Waals surface area contributed by atoms with E-state index in [-0.39, 0.29) is 17.1 Å². The van der Waals surface area contributed by atoms with Crippen LogP contribution in [0.1, 0.15) is 34.6 Å². The number of Topliss-reactive ketones (excluding diaryl/α,β-unsaturated/α-hetero) is 2. The predicted molar refractivity (Wildman–Crippen MR) is 90.5 cm³/mol. The Bertz CT molecular complexity index is 928. The van der Waals surface area contributed by atoms with Gasteiger partial charge >= 0.3 is 11.7 Å². The molecule has 1 aliphatic carbocycles. The highest BCUT2D eigenvalue weighted by Crippen LogP contribution is 2.22. The van der Waals surface area contributed by atoms with Crippen molar-refractivity contribution in [2.24, 2.45) is 0 Å². The Morgan fingerprint density at radius 3 is 2.23 bits per heavy atom.